The van der Waals surface area contributed by atoms with Gasteiger partial charge in [0.05, 0.1) is 30.2 Å². The summed E-state index contributed by atoms with van der Waals surface area (Å²) in [5.41, 5.74) is 8.31. The van der Waals surface area contributed by atoms with Crippen LogP contribution in [0.3, 0.4) is 0 Å². The third-order valence-electron chi connectivity index (χ3n) is 8.04. The van der Waals surface area contributed by atoms with Gasteiger partial charge in [0.2, 0.25) is 0 Å². The first-order chi connectivity index (χ1) is 20.8. The number of aromatic amines is 2. The largest absolute Gasteiger partial charge is 0.341 e. The molecule has 0 spiro atoms. The van der Waals surface area contributed by atoms with Crippen LogP contribution in [0.1, 0.15) is 60.7 Å². The first-order valence-electron chi connectivity index (χ1n) is 14.7. The summed E-state index contributed by atoms with van der Waals surface area (Å²) in [7, 11) is 0. The molecule has 2 atom stereocenters. The molecule has 7 rings (SSSR count). The van der Waals surface area contributed by atoms with Crippen LogP contribution in [-0.2, 0) is 0 Å². The minimum atomic E-state index is 0. The molecule has 4 heterocycles. The Kier molecular flexibility index (Phi) is 13.8. The fourth-order valence-corrected chi connectivity index (χ4v) is 5.83. The van der Waals surface area contributed by atoms with Crippen LogP contribution in [0.2, 0.25) is 0 Å². The lowest BCUT2D eigenvalue weighted by Gasteiger charge is -2.10. The number of nitrogens with one attached hydrogen (secondary N) is 4. The molecule has 2 fully saturated rings. The third kappa shape index (κ3) is 8.35. The minimum Gasteiger partial charge on any atom is -0.341 e. The molecule has 10 heteroatoms. The molecule has 0 unspecified atom stereocenters. The quantitative estimate of drug-likeness (QED) is 0.140. The highest BCUT2D eigenvalue weighted by Gasteiger charge is 2.20. The first kappa shape index (κ1) is 36.7. The molecule has 0 bridgehead atoms. The van der Waals surface area contributed by atoms with Crippen molar-refractivity contribution < 1.29 is 0 Å². The van der Waals surface area contributed by atoms with E-state index in [2.05, 4.69) is 116 Å². The topological polar surface area (TPSA) is 81.4 Å². The molecule has 2 aromatic heterocycles. The molecule has 0 saturated carbocycles. The number of halogens is 4. The number of rotatable bonds is 5. The second kappa shape index (κ2) is 17.3. The van der Waals surface area contributed by atoms with E-state index in [4.69, 9.17) is 4.98 Å². The summed E-state index contributed by atoms with van der Waals surface area (Å²) in [6, 6.07) is 26.1. The Morgan fingerprint density at radius 3 is 1.96 bits per heavy atom. The van der Waals surface area contributed by atoms with Gasteiger partial charge in [-0.3, -0.25) is 0 Å². The van der Waals surface area contributed by atoms with Gasteiger partial charge in [-0.05, 0) is 97.0 Å². The molecule has 0 amide bonds. The van der Waals surface area contributed by atoms with Crippen molar-refractivity contribution in [3.63, 3.8) is 0 Å². The molecule has 2 saturated heterocycles. The van der Waals surface area contributed by atoms with E-state index in [1.54, 1.807) is 6.20 Å². The van der Waals surface area contributed by atoms with Gasteiger partial charge in [-0.2, -0.15) is 0 Å². The van der Waals surface area contributed by atoms with Crippen LogP contribution in [-0.4, -0.2) is 33.0 Å². The lowest BCUT2D eigenvalue weighted by atomic mass is 9.94. The molecule has 46 heavy (non-hydrogen) atoms. The monoisotopic (exact) mass is 692 g/mol. The Balaban J connectivity index is 0.00000144. The highest BCUT2D eigenvalue weighted by molar-refractivity contribution is 5.86. The van der Waals surface area contributed by atoms with Gasteiger partial charge in [-0.15, -0.1) is 49.6 Å². The van der Waals surface area contributed by atoms with E-state index < -0.39 is 0 Å². The van der Waals surface area contributed by atoms with Crippen molar-refractivity contribution in [2.24, 2.45) is 0 Å². The first-order valence-corrected chi connectivity index (χ1v) is 14.7. The highest BCUT2D eigenvalue weighted by Crippen LogP contribution is 2.32. The number of benzene rings is 3. The number of hydrogen-bond donors (Lipinski definition) is 4. The summed E-state index contributed by atoms with van der Waals surface area (Å²) < 4.78 is 0. The zero-order chi connectivity index (χ0) is 28.1. The molecular weight excluding hydrogens is 658 g/mol. The van der Waals surface area contributed by atoms with Crippen molar-refractivity contribution in [1.82, 2.24) is 30.6 Å². The van der Waals surface area contributed by atoms with E-state index in [1.165, 1.54) is 24.0 Å². The average molecular weight is 695 g/mol. The minimum absolute atomic E-state index is 0. The van der Waals surface area contributed by atoms with Crippen molar-refractivity contribution in [3.05, 3.63) is 108 Å². The zero-order valence-corrected chi connectivity index (χ0v) is 28.3. The molecule has 6 nitrogen and oxygen atoms in total. The van der Waals surface area contributed by atoms with Gasteiger partial charge in [0.25, 0.3) is 0 Å². The van der Waals surface area contributed by atoms with Crippen molar-refractivity contribution >= 4 is 49.6 Å². The summed E-state index contributed by atoms with van der Waals surface area (Å²) in [4.78, 5) is 16.1. The van der Waals surface area contributed by atoms with Crippen molar-refractivity contribution in [1.29, 1.82) is 0 Å². The highest BCUT2D eigenvalue weighted by atomic mass is 35.5. The molecule has 3 aromatic carbocycles. The van der Waals surface area contributed by atoms with Crippen LogP contribution in [0.25, 0.3) is 33.5 Å². The van der Waals surface area contributed by atoms with Crippen LogP contribution in [0.4, 0.5) is 0 Å². The van der Waals surface area contributed by atoms with Crippen molar-refractivity contribution in [3.8, 4) is 57.2 Å². The fourth-order valence-electron chi connectivity index (χ4n) is 5.83. The van der Waals surface area contributed by atoms with Crippen LogP contribution in [0.15, 0.2) is 85.2 Å². The maximum Gasteiger partial charge on any atom is 0.124 e. The van der Waals surface area contributed by atoms with E-state index in [0.717, 1.165) is 71.2 Å². The number of imidazole rings is 2. The van der Waals surface area contributed by atoms with E-state index >= 15 is 0 Å². The number of hydrogen-bond acceptors (Lipinski definition) is 4. The summed E-state index contributed by atoms with van der Waals surface area (Å²) in [5.74, 6) is 14.5. The van der Waals surface area contributed by atoms with Crippen molar-refractivity contribution in [2.75, 3.05) is 13.1 Å². The van der Waals surface area contributed by atoms with Gasteiger partial charge < -0.3 is 20.6 Å². The molecule has 0 aliphatic carbocycles. The van der Waals surface area contributed by atoms with Crippen LogP contribution < -0.4 is 10.6 Å². The molecule has 2 aliphatic rings. The predicted octanol–water partition coefficient (Wildman–Crippen LogP) is 8.07. The average Bonchev–Trinajstić information content (AvgIpc) is 3.87. The number of aromatic nitrogens is 4. The van der Waals surface area contributed by atoms with E-state index in [1.807, 2.05) is 12.3 Å². The van der Waals surface area contributed by atoms with Crippen LogP contribution in [0.5, 0.6) is 0 Å². The molecule has 0 radical (unpaired) electrons. The molecular formula is C36H36Cl4N6. The number of nitrogens with zero attached hydrogens (tertiary/aromatic N) is 2. The van der Waals surface area contributed by atoms with Gasteiger partial charge in [-0.1, -0.05) is 60.5 Å². The summed E-state index contributed by atoms with van der Waals surface area (Å²) in [6.07, 6.45) is 8.29. The fraction of sp³-hybridized carbons (Fsp3) is 0.222. The Labute approximate surface area is 295 Å². The second-order valence-corrected chi connectivity index (χ2v) is 10.9. The van der Waals surface area contributed by atoms with E-state index in [0.29, 0.717) is 12.1 Å². The molecule has 5 aromatic rings. The zero-order valence-electron chi connectivity index (χ0n) is 25.0. The second-order valence-electron chi connectivity index (χ2n) is 10.9. The summed E-state index contributed by atoms with van der Waals surface area (Å²) >= 11 is 0. The van der Waals surface area contributed by atoms with Gasteiger partial charge in [0.15, 0.2) is 0 Å². The van der Waals surface area contributed by atoms with Crippen LogP contribution >= 0.6 is 49.6 Å². The number of H-pyrrole nitrogens is 2. The Morgan fingerprint density at radius 1 is 0.587 bits per heavy atom. The van der Waals surface area contributed by atoms with E-state index in [-0.39, 0.29) is 49.6 Å². The van der Waals surface area contributed by atoms with Gasteiger partial charge in [0, 0.05) is 11.1 Å². The third-order valence-corrected chi connectivity index (χ3v) is 8.04. The maximum absolute atomic E-state index is 4.69. The SMILES string of the molecule is C(C#Cc1ccc(-c2cnc([C@@H]3CCCN3)[nH]2)cc1-c1cccc(-c2ccccc2)c1)#Cc1cnc([C@@H]2CCCN2)[nH]1.Cl.Cl.Cl.Cl. The molecule has 238 valence electrons. The van der Waals surface area contributed by atoms with Gasteiger partial charge >= 0.3 is 0 Å². The Bertz CT molecular complexity index is 1830. The van der Waals surface area contributed by atoms with Gasteiger partial charge in [0.1, 0.15) is 17.3 Å². The van der Waals surface area contributed by atoms with Crippen LogP contribution in [0, 0.1) is 23.7 Å². The van der Waals surface area contributed by atoms with Crippen molar-refractivity contribution in [2.45, 2.75) is 37.8 Å². The predicted molar refractivity (Wildman–Crippen MR) is 196 cm³/mol. The Hall–Kier alpha value is -3.72. The lowest BCUT2D eigenvalue weighted by molar-refractivity contribution is 0.612. The van der Waals surface area contributed by atoms with E-state index in [9.17, 15) is 0 Å². The summed E-state index contributed by atoms with van der Waals surface area (Å²) in [5, 5.41) is 6.99. The molecule has 4 N–H and O–H groups in total. The summed E-state index contributed by atoms with van der Waals surface area (Å²) in [6.45, 7) is 2.07. The van der Waals surface area contributed by atoms with Gasteiger partial charge in [-0.25, -0.2) is 9.97 Å². The normalized spacial score (nSPS) is 16.3. The molecule has 2 aliphatic heterocycles. The lowest BCUT2D eigenvalue weighted by Crippen LogP contribution is -2.14. The standard InChI is InChI=1S/C36H32N6.4ClH/c1-2-9-25(10-3-1)27-12-6-13-28(21-27)31-22-29(34-24-40-36(42-34)33-16-8-20-38-33)18-17-26(31)11-4-5-14-30-23-39-35(41-30)32-15-7-19-37-32;;;;/h1-3,6,9-10,12-13,17-18,21-24,32-33,37-38H,7-8,15-16,19-20H2,(H,39,41)(H,40,42);4*1H/t32-,33-;;;;/m0..../s1. The Morgan fingerprint density at radius 2 is 1.24 bits per heavy atom. The maximum atomic E-state index is 4.69. The smallest absolute Gasteiger partial charge is 0.124 e.